The molecule has 7 heteroatoms. The second-order valence-electron chi connectivity index (χ2n) is 7.50. The first-order valence-electron chi connectivity index (χ1n) is 10.9. The Morgan fingerprint density at radius 3 is 1.89 bits per heavy atom. The molecule has 3 aromatic carbocycles. The molecule has 0 saturated heterocycles. The number of thiophene rings is 1. The summed E-state index contributed by atoms with van der Waals surface area (Å²) in [4.78, 5) is 51.2. The van der Waals surface area contributed by atoms with E-state index in [0.717, 1.165) is 10.4 Å². The minimum atomic E-state index is -0.654. The maximum atomic E-state index is 12.9. The number of Topliss-reactive ketones (excluding diaryl/α,β-unsaturated/α-hetero) is 2. The van der Waals surface area contributed by atoms with Crippen LogP contribution in [0.3, 0.4) is 0 Å². The summed E-state index contributed by atoms with van der Waals surface area (Å²) in [7, 11) is 0. The van der Waals surface area contributed by atoms with Gasteiger partial charge in [0, 0.05) is 21.6 Å². The predicted octanol–water partition coefficient (Wildman–Crippen LogP) is 5.91. The van der Waals surface area contributed by atoms with Gasteiger partial charge in [-0.3, -0.25) is 14.4 Å². The Bertz CT molecular complexity index is 1380. The van der Waals surface area contributed by atoms with Crippen LogP contribution in [0.2, 0.25) is 0 Å². The third-order valence-electron chi connectivity index (χ3n) is 5.16. The highest BCUT2D eigenvalue weighted by Crippen LogP contribution is 2.36. The maximum absolute atomic E-state index is 12.9. The molecule has 0 saturated carbocycles. The number of ether oxygens (including phenoxy) is 1. The summed E-state index contributed by atoms with van der Waals surface area (Å²) in [6.07, 6.45) is 0. The number of hydrogen-bond donors (Lipinski definition) is 1. The Balaban J connectivity index is 1.54. The van der Waals surface area contributed by atoms with E-state index in [2.05, 4.69) is 5.32 Å². The van der Waals surface area contributed by atoms with Gasteiger partial charge in [0.25, 0.3) is 5.91 Å². The second-order valence-corrected chi connectivity index (χ2v) is 8.55. The zero-order valence-electron chi connectivity index (χ0n) is 18.8. The third kappa shape index (κ3) is 5.42. The highest BCUT2D eigenvalue weighted by atomic mass is 32.1. The van der Waals surface area contributed by atoms with Crippen molar-refractivity contribution in [3.63, 3.8) is 0 Å². The van der Waals surface area contributed by atoms with E-state index in [9.17, 15) is 19.2 Å². The zero-order chi connectivity index (χ0) is 24.8. The van der Waals surface area contributed by atoms with Gasteiger partial charge in [0.1, 0.15) is 5.00 Å². The van der Waals surface area contributed by atoms with Gasteiger partial charge in [-0.25, -0.2) is 4.79 Å². The summed E-state index contributed by atoms with van der Waals surface area (Å²) >= 11 is 1.27. The molecule has 0 aliphatic heterocycles. The lowest BCUT2D eigenvalue weighted by atomic mass is 10.0. The van der Waals surface area contributed by atoms with E-state index >= 15 is 0 Å². The van der Waals surface area contributed by atoms with Gasteiger partial charge in [-0.05, 0) is 30.7 Å². The minimum absolute atomic E-state index is 0.185. The average molecular weight is 484 g/mol. The zero-order valence-corrected chi connectivity index (χ0v) is 19.6. The number of carbonyl (C=O) groups is 4. The summed E-state index contributed by atoms with van der Waals surface area (Å²) in [6, 6.07) is 25.3. The van der Waals surface area contributed by atoms with E-state index in [1.807, 2.05) is 30.3 Å². The standard InChI is InChI=1S/C28H21NO5S/c1-2-34-28(33)22-17-23(18-9-5-3-6-10-18)35-27(22)29-26(32)21-15-13-20(14-16-21)25(31)24(30)19-11-7-4-8-12-19/h3-17H,2H2,1H3,(H,29,32). The van der Waals surface area contributed by atoms with Crippen molar-refractivity contribution in [3.8, 4) is 10.4 Å². The van der Waals surface area contributed by atoms with E-state index in [0.29, 0.717) is 10.6 Å². The summed E-state index contributed by atoms with van der Waals surface area (Å²) in [5.74, 6) is -2.25. The number of rotatable bonds is 8. The van der Waals surface area contributed by atoms with Crippen molar-refractivity contribution in [3.05, 3.63) is 113 Å². The molecule has 4 aromatic rings. The van der Waals surface area contributed by atoms with Crippen LogP contribution < -0.4 is 5.32 Å². The number of ketones is 2. The van der Waals surface area contributed by atoms with Crippen molar-refractivity contribution in [1.29, 1.82) is 0 Å². The monoisotopic (exact) mass is 483 g/mol. The molecular formula is C28H21NO5S. The SMILES string of the molecule is CCOC(=O)c1cc(-c2ccccc2)sc1NC(=O)c1ccc(C(=O)C(=O)c2ccccc2)cc1. The highest BCUT2D eigenvalue weighted by Gasteiger charge is 2.21. The Kier molecular flexibility index (Phi) is 7.28. The van der Waals surface area contributed by atoms with Gasteiger partial charge < -0.3 is 10.1 Å². The fraction of sp³-hybridized carbons (Fsp3) is 0.0714. The van der Waals surface area contributed by atoms with Gasteiger partial charge in [-0.15, -0.1) is 11.3 Å². The van der Waals surface area contributed by atoms with Crippen molar-refractivity contribution < 1.29 is 23.9 Å². The largest absolute Gasteiger partial charge is 0.462 e. The lowest BCUT2D eigenvalue weighted by molar-refractivity contribution is 0.0528. The van der Waals surface area contributed by atoms with Crippen LogP contribution in [0.1, 0.15) is 48.4 Å². The number of benzene rings is 3. The van der Waals surface area contributed by atoms with Crippen LogP contribution in [0.15, 0.2) is 91.0 Å². The van der Waals surface area contributed by atoms with Crippen LogP contribution in [0.25, 0.3) is 10.4 Å². The Labute approximate surface area is 206 Å². The quantitative estimate of drug-likeness (QED) is 0.191. The molecule has 0 unspecified atom stereocenters. The van der Waals surface area contributed by atoms with Gasteiger partial charge in [-0.2, -0.15) is 0 Å². The van der Waals surface area contributed by atoms with Crippen LogP contribution in [-0.2, 0) is 4.74 Å². The van der Waals surface area contributed by atoms with E-state index in [-0.39, 0.29) is 23.3 Å². The number of nitrogens with one attached hydrogen (secondary N) is 1. The molecule has 0 radical (unpaired) electrons. The van der Waals surface area contributed by atoms with Crippen LogP contribution in [0, 0.1) is 0 Å². The third-order valence-corrected chi connectivity index (χ3v) is 6.26. The topological polar surface area (TPSA) is 89.5 Å². The van der Waals surface area contributed by atoms with E-state index in [4.69, 9.17) is 4.74 Å². The first-order chi connectivity index (χ1) is 17.0. The van der Waals surface area contributed by atoms with Gasteiger partial charge in [-0.1, -0.05) is 72.8 Å². The summed E-state index contributed by atoms with van der Waals surface area (Å²) in [5.41, 5.74) is 1.94. The molecule has 174 valence electrons. The van der Waals surface area contributed by atoms with E-state index in [1.54, 1.807) is 43.3 Å². The van der Waals surface area contributed by atoms with Crippen molar-refractivity contribution in [2.24, 2.45) is 0 Å². The van der Waals surface area contributed by atoms with Crippen LogP contribution in [-0.4, -0.2) is 30.0 Å². The van der Waals surface area contributed by atoms with Gasteiger partial charge >= 0.3 is 5.97 Å². The van der Waals surface area contributed by atoms with Gasteiger partial charge in [0.05, 0.1) is 12.2 Å². The van der Waals surface area contributed by atoms with Crippen molar-refractivity contribution >= 4 is 39.8 Å². The molecule has 1 amide bonds. The number of carbonyl (C=O) groups excluding carboxylic acids is 4. The van der Waals surface area contributed by atoms with Crippen LogP contribution in [0.4, 0.5) is 5.00 Å². The van der Waals surface area contributed by atoms with Gasteiger partial charge in [0.15, 0.2) is 0 Å². The number of hydrogen-bond acceptors (Lipinski definition) is 6. The lowest BCUT2D eigenvalue weighted by Crippen LogP contribution is -2.16. The Morgan fingerprint density at radius 1 is 0.743 bits per heavy atom. The molecule has 6 nitrogen and oxygen atoms in total. The average Bonchev–Trinajstić information content (AvgIpc) is 3.33. The molecule has 1 aromatic heterocycles. The molecule has 0 bridgehead atoms. The molecule has 0 aliphatic carbocycles. The molecule has 1 heterocycles. The second kappa shape index (κ2) is 10.7. The maximum Gasteiger partial charge on any atom is 0.341 e. The number of amides is 1. The highest BCUT2D eigenvalue weighted by molar-refractivity contribution is 7.20. The molecule has 0 aliphatic rings. The fourth-order valence-electron chi connectivity index (χ4n) is 3.39. The summed E-state index contributed by atoms with van der Waals surface area (Å²) < 4.78 is 5.15. The number of esters is 1. The summed E-state index contributed by atoms with van der Waals surface area (Å²) in [6.45, 7) is 1.92. The molecule has 1 N–H and O–H groups in total. The van der Waals surface area contributed by atoms with Crippen LogP contribution in [0.5, 0.6) is 0 Å². The normalized spacial score (nSPS) is 10.4. The lowest BCUT2D eigenvalue weighted by Gasteiger charge is -2.07. The van der Waals surface area contributed by atoms with Crippen molar-refractivity contribution in [1.82, 2.24) is 0 Å². The number of anilines is 1. The minimum Gasteiger partial charge on any atom is -0.462 e. The van der Waals surface area contributed by atoms with Gasteiger partial charge in [0.2, 0.25) is 11.6 Å². The molecule has 0 fully saturated rings. The Hall–Kier alpha value is -4.36. The molecule has 4 rings (SSSR count). The smallest absolute Gasteiger partial charge is 0.341 e. The molecule has 0 spiro atoms. The molecule has 0 atom stereocenters. The van der Waals surface area contributed by atoms with Crippen LogP contribution >= 0.6 is 11.3 Å². The fourth-order valence-corrected chi connectivity index (χ4v) is 4.44. The molecular weight excluding hydrogens is 462 g/mol. The first-order valence-corrected chi connectivity index (χ1v) is 11.7. The first kappa shape index (κ1) is 23.8. The molecule has 35 heavy (non-hydrogen) atoms. The summed E-state index contributed by atoms with van der Waals surface area (Å²) in [5, 5.41) is 3.15. The van der Waals surface area contributed by atoms with E-state index in [1.165, 1.54) is 35.6 Å². The van der Waals surface area contributed by atoms with Crippen molar-refractivity contribution in [2.45, 2.75) is 6.92 Å². The Morgan fingerprint density at radius 2 is 1.29 bits per heavy atom. The van der Waals surface area contributed by atoms with E-state index < -0.39 is 23.4 Å². The predicted molar refractivity (Wildman–Crippen MR) is 135 cm³/mol. The van der Waals surface area contributed by atoms with Crippen molar-refractivity contribution in [2.75, 3.05) is 11.9 Å².